The van der Waals surface area contributed by atoms with Crippen LogP contribution in [0.2, 0.25) is 0 Å². The number of aliphatic carboxylic acids is 1. The van der Waals surface area contributed by atoms with Gasteiger partial charge in [-0.25, -0.2) is 15.1 Å². The highest BCUT2D eigenvalue weighted by molar-refractivity contribution is 5.83. The Labute approximate surface area is 193 Å². The topological polar surface area (TPSA) is 114 Å². The van der Waals surface area contributed by atoms with Crippen LogP contribution in [0.5, 0.6) is 0 Å². The number of carbonyl (C=O) groups excluding carboxylic acids is 2. The number of carboxylic acids is 1. The van der Waals surface area contributed by atoms with Gasteiger partial charge in [-0.05, 0) is 42.0 Å². The maximum Gasteiger partial charge on any atom is 0.407 e. The van der Waals surface area contributed by atoms with Gasteiger partial charge in [-0.2, -0.15) is 0 Å². The number of carboxylic acid groups (broad SMARTS) is 1. The summed E-state index contributed by atoms with van der Waals surface area (Å²) in [5, 5.41) is 11.6. The standard InChI is InChI=1S/C25H30N2O6/c1-4-25(5-2,23(30)27-33-16(3)22(28)29)15-26-24(31)32-14-21-19-12-8-6-10-17(19)18-11-7-9-13-20(18)21/h6-13,16,21H,4-5,14-15H2,1-3H3,(H,26,31)(H,27,30)(H,28,29). The van der Waals surface area contributed by atoms with Crippen molar-refractivity contribution >= 4 is 18.0 Å². The maximum absolute atomic E-state index is 12.7. The molecule has 0 spiro atoms. The fourth-order valence-corrected chi connectivity index (χ4v) is 4.09. The Kier molecular flexibility index (Phi) is 7.71. The van der Waals surface area contributed by atoms with E-state index < -0.39 is 29.5 Å². The molecule has 8 nitrogen and oxygen atoms in total. The van der Waals surface area contributed by atoms with Crippen molar-refractivity contribution in [1.29, 1.82) is 0 Å². The molecule has 8 heteroatoms. The number of hydroxylamine groups is 1. The number of carbonyl (C=O) groups is 3. The van der Waals surface area contributed by atoms with Crippen molar-refractivity contribution in [3.8, 4) is 11.1 Å². The quantitative estimate of drug-likeness (QED) is 0.470. The zero-order valence-electron chi connectivity index (χ0n) is 19.1. The smallest absolute Gasteiger partial charge is 0.407 e. The maximum atomic E-state index is 12.7. The molecule has 2 aromatic carbocycles. The first-order valence-electron chi connectivity index (χ1n) is 11.1. The highest BCUT2D eigenvalue weighted by Crippen LogP contribution is 2.44. The van der Waals surface area contributed by atoms with Gasteiger partial charge in [0.15, 0.2) is 6.10 Å². The van der Waals surface area contributed by atoms with E-state index in [0.29, 0.717) is 12.8 Å². The summed E-state index contributed by atoms with van der Waals surface area (Å²) in [5.74, 6) is -1.73. The minimum atomic E-state index is -1.19. The second kappa shape index (κ2) is 10.5. The van der Waals surface area contributed by atoms with Crippen molar-refractivity contribution in [1.82, 2.24) is 10.8 Å². The molecule has 33 heavy (non-hydrogen) atoms. The summed E-state index contributed by atoms with van der Waals surface area (Å²) in [6.45, 7) is 5.17. The highest BCUT2D eigenvalue weighted by atomic mass is 16.7. The average Bonchev–Trinajstić information content (AvgIpc) is 3.15. The molecule has 0 fully saturated rings. The zero-order chi connectivity index (χ0) is 24.0. The summed E-state index contributed by atoms with van der Waals surface area (Å²) in [6, 6.07) is 16.2. The van der Waals surface area contributed by atoms with Crippen LogP contribution in [0.25, 0.3) is 11.1 Å². The Morgan fingerprint density at radius 1 is 1.00 bits per heavy atom. The lowest BCUT2D eigenvalue weighted by Crippen LogP contribution is -2.49. The molecule has 3 N–H and O–H groups in total. The molecule has 0 radical (unpaired) electrons. The molecule has 0 aliphatic heterocycles. The van der Waals surface area contributed by atoms with Crippen molar-refractivity contribution in [3.05, 3.63) is 59.7 Å². The van der Waals surface area contributed by atoms with Gasteiger partial charge in [-0.1, -0.05) is 62.4 Å². The van der Waals surface area contributed by atoms with Gasteiger partial charge < -0.3 is 15.2 Å². The summed E-state index contributed by atoms with van der Waals surface area (Å²) in [6.07, 6.45) is -0.959. The molecular formula is C25H30N2O6. The third-order valence-corrected chi connectivity index (χ3v) is 6.43. The van der Waals surface area contributed by atoms with Crippen molar-refractivity contribution in [2.75, 3.05) is 13.2 Å². The van der Waals surface area contributed by atoms with Gasteiger partial charge >= 0.3 is 12.1 Å². The average molecular weight is 455 g/mol. The van der Waals surface area contributed by atoms with E-state index in [1.807, 2.05) is 50.2 Å². The first kappa shape index (κ1) is 24.3. The summed E-state index contributed by atoms with van der Waals surface area (Å²) in [4.78, 5) is 41.0. The Morgan fingerprint density at radius 3 is 2.06 bits per heavy atom. The highest BCUT2D eigenvalue weighted by Gasteiger charge is 2.36. The molecule has 2 amide bonds. The molecule has 2 aromatic rings. The van der Waals surface area contributed by atoms with Crippen molar-refractivity contribution in [2.45, 2.75) is 45.6 Å². The van der Waals surface area contributed by atoms with E-state index in [2.05, 4.69) is 22.9 Å². The minimum absolute atomic E-state index is 0.0350. The molecule has 3 rings (SSSR count). The van der Waals surface area contributed by atoms with Gasteiger partial charge in [0.05, 0.1) is 5.41 Å². The molecule has 1 aliphatic carbocycles. The predicted octanol–water partition coefficient (Wildman–Crippen LogP) is 3.85. The fourth-order valence-electron chi connectivity index (χ4n) is 4.09. The van der Waals surface area contributed by atoms with Crippen molar-refractivity contribution in [2.24, 2.45) is 5.41 Å². The monoisotopic (exact) mass is 454 g/mol. The van der Waals surface area contributed by atoms with Crippen LogP contribution in [0.4, 0.5) is 4.79 Å². The first-order valence-corrected chi connectivity index (χ1v) is 11.1. The van der Waals surface area contributed by atoms with E-state index in [9.17, 15) is 14.4 Å². The second-order valence-corrected chi connectivity index (χ2v) is 8.20. The van der Waals surface area contributed by atoms with Gasteiger partial charge in [0.25, 0.3) is 5.91 Å². The van der Waals surface area contributed by atoms with Crippen LogP contribution >= 0.6 is 0 Å². The summed E-state index contributed by atoms with van der Waals surface area (Å²) in [7, 11) is 0. The lowest BCUT2D eigenvalue weighted by Gasteiger charge is -2.30. The van der Waals surface area contributed by atoms with Crippen LogP contribution < -0.4 is 10.8 Å². The van der Waals surface area contributed by atoms with Crippen LogP contribution in [-0.4, -0.2) is 42.3 Å². The molecule has 1 unspecified atom stereocenters. The Hall–Kier alpha value is -3.39. The molecular weight excluding hydrogens is 424 g/mol. The molecule has 0 heterocycles. The van der Waals surface area contributed by atoms with Gasteiger partial charge in [-0.3, -0.25) is 9.63 Å². The predicted molar refractivity (Wildman–Crippen MR) is 122 cm³/mol. The fraction of sp³-hybridized carbons (Fsp3) is 0.400. The third kappa shape index (κ3) is 5.17. The lowest BCUT2D eigenvalue weighted by molar-refractivity contribution is -0.162. The number of ether oxygens (including phenoxy) is 1. The molecule has 1 atom stereocenters. The Bertz CT molecular complexity index is 972. The molecule has 176 valence electrons. The van der Waals surface area contributed by atoms with Crippen LogP contribution in [0.3, 0.4) is 0 Å². The number of alkyl carbamates (subject to hydrolysis) is 1. The van der Waals surface area contributed by atoms with Gasteiger partial charge in [0.1, 0.15) is 6.61 Å². The van der Waals surface area contributed by atoms with E-state index in [4.69, 9.17) is 14.7 Å². The number of amides is 2. The van der Waals surface area contributed by atoms with Crippen molar-refractivity contribution in [3.63, 3.8) is 0 Å². The molecule has 1 aliphatic rings. The molecule has 0 saturated carbocycles. The normalized spacial score (nSPS) is 13.5. The van der Waals surface area contributed by atoms with Crippen LogP contribution in [0.1, 0.15) is 50.7 Å². The van der Waals surface area contributed by atoms with Gasteiger partial charge in [-0.15, -0.1) is 0 Å². The molecule has 0 saturated heterocycles. The van der Waals surface area contributed by atoms with Crippen molar-refractivity contribution < 1.29 is 29.1 Å². The minimum Gasteiger partial charge on any atom is -0.479 e. The Morgan fingerprint density at radius 2 is 1.55 bits per heavy atom. The summed E-state index contributed by atoms with van der Waals surface area (Å²) in [5.41, 5.74) is 5.79. The summed E-state index contributed by atoms with van der Waals surface area (Å²) >= 11 is 0. The van der Waals surface area contributed by atoms with Crippen LogP contribution in [-0.2, 0) is 19.2 Å². The zero-order valence-corrected chi connectivity index (χ0v) is 19.1. The number of rotatable bonds is 10. The van der Waals surface area contributed by atoms with E-state index >= 15 is 0 Å². The lowest BCUT2D eigenvalue weighted by atomic mass is 9.81. The van der Waals surface area contributed by atoms with E-state index in [0.717, 1.165) is 22.3 Å². The summed E-state index contributed by atoms with van der Waals surface area (Å²) < 4.78 is 5.54. The Balaban J connectivity index is 1.60. The number of fused-ring (bicyclic) bond motifs is 3. The van der Waals surface area contributed by atoms with E-state index in [1.165, 1.54) is 6.92 Å². The first-order chi connectivity index (χ1) is 15.8. The van der Waals surface area contributed by atoms with Gasteiger partial charge in [0, 0.05) is 12.5 Å². The number of benzene rings is 2. The van der Waals surface area contributed by atoms with E-state index in [-0.39, 0.29) is 19.1 Å². The molecule has 0 bridgehead atoms. The van der Waals surface area contributed by atoms with Gasteiger partial charge in [0.2, 0.25) is 0 Å². The SMILES string of the molecule is CCC(CC)(CNC(=O)OCC1c2ccccc2-c2ccccc21)C(=O)NOC(C)C(=O)O. The molecule has 0 aromatic heterocycles. The number of hydrogen-bond acceptors (Lipinski definition) is 5. The number of hydrogen-bond donors (Lipinski definition) is 3. The number of nitrogens with one attached hydrogen (secondary N) is 2. The largest absolute Gasteiger partial charge is 0.479 e. The second-order valence-electron chi connectivity index (χ2n) is 8.20. The van der Waals surface area contributed by atoms with E-state index in [1.54, 1.807) is 0 Å². The third-order valence-electron chi connectivity index (χ3n) is 6.43. The van der Waals surface area contributed by atoms with Crippen LogP contribution in [0, 0.1) is 5.41 Å². The van der Waals surface area contributed by atoms with Crippen LogP contribution in [0.15, 0.2) is 48.5 Å².